The van der Waals surface area contributed by atoms with Crippen molar-refractivity contribution in [3.8, 4) is 0 Å². The lowest BCUT2D eigenvalue weighted by Gasteiger charge is -2.11. The topological polar surface area (TPSA) is 28.1 Å². The van der Waals surface area contributed by atoms with Crippen molar-refractivity contribution in [3.63, 3.8) is 0 Å². The lowest BCUT2D eigenvalue weighted by atomic mass is 9.89. The summed E-state index contributed by atoms with van der Waals surface area (Å²) in [7, 11) is 0. The fourth-order valence-corrected chi connectivity index (χ4v) is 1.92. The number of benzene rings is 1. The molecule has 1 aliphatic rings. The highest BCUT2D eigenvalue weighted by Gasteiger charge is 2.35. The number of hydrogen-bond acceptors (Lipinski definition) is 1. The lowest BCUT2D eigenvalue weighted by molar-refractivity contribution is 0.915. The van der Waals surface area contributed by atoms with Crippen molar-refractivity contribution in [1.82, 2.24) is 0 Å². The Bertz CT molecular complexity index is 483. The molecule has 1 radical (unpaired) electrons. The van der Waals surface area contributed by atoms with Gasteiger partial charge in [-0.15, -0.1) is 0 Å². The Morgan fingerprint density at radius 1 is 1.06 bits per heavy atom. The van der Waals surface area contributed by atoms with Crippen molar-refractivity contribution in [1.29, 1.82) is 5.39 Å². The number of hydrogen-bond donors (Lipinski definition) is 0. The second-order valence-corrected chi connectivity index (χ2v) is 4.31. The molecule has 4 heteroatoms. The van der Waals surface area contributed by atoms with Gasteiger partial charge >= 0.3 is 6.04 Å². The molecule has 0 heterocycles. The zero-order valence-electron chi connectivity index (χ0n) is 8.27. The van der Waals surface area contributed by atoms with Gasteiger partial charge in [0.05, 0.1) is 0 Å². The quantitative estimate of drug-likeness (QED) is 0.675. The standard InChI is InChI=1S/C12H8Cl2N2/c13-9-3-1-8(2-4-9)11-7-10(14)5-6-12(11)16-15/h1-7,11H/q+1. The summed E-state index contributed by atoms with van der Waals surface area (Å²) < 4.78 is 0. The summed E-state index contributed by atoms with van der Waals surface area (Å²) in [5, 5.41) is 10.2. The fraction of sp³-hybridized carbons (Fsp3) is 0.0833. The maximum atomic E-state index is 8.90. The first-order chi connectivity index (χ1) is 7.70. The fourth-order valence-electron chi connectivity index (χ4n) is 1.60. The molecular formula is C12H8Cl2N2+. The van der Waals surface area contributed by atoms with Crippen LogP contribution in [0, 0.1) is 11.4 Å². The smallest absolute Gasteiger partial charge is 0.0847 e. The summed E-state index contributed by atoms with van der Waals surface area (Å²) >= 11 is 11.7. The van der Waals surface area contributed by atoms with Crippen LogP contribution in [0.25, 0.3) is 4.98 Å². The number of rotatable bonds is 1. The largest absolute Gasteiger partial charge is 0.439 e. The van der Waals surface area contributed by atoms with E-state index in [1.807, 2.05) is 18.2 Å². The Hall–Kier alpha value is -1.30. The number of halogens is 2. The molecule has 0 fully saturated rings. The van der Waals surface area contributed by atoms with E-state index in [0.29, 0.717) is 16.1 Å². The highest BCUT2D eigenvalue weighted by atomic mass is 35.5. The first-order valence-electron chi connectivity index (χ1n) is 4.73. The van der Waals surface area contributed by atoms with Crippen molar-refractivity contribution in [2.75, 3.05) is 0 Å². The third kappa shape index (κ3) is 2.27. The second-order valence-electron chi connectivity index (χ2n) is 3.44. The molecule has 0 aromatic heterocycles. The normalized spacial score (nSPS) is 20.3. The predicted octanol–water partition coefficient (Wildman–Crippen LogP) is 4.50. The molecule has 1 aromatic rings. The Morgan fingerprint density at radius 3 is 2.38 bits per heavy atom. The van der Waals surface area contributed by atoms with E-state index in [2.05, 4.69) is 4.98 Å². The van der Waals surface area contributed by atoms with Gasteiger partial charge in [-0.3, -0.25) is 0 Å². The van der Waals surface area contributed by atoms with E-state index in [1.165, 1.54) is 0 Å². The van der Waals surface area contributed by atoms with Gasteiger partial charge in [0.25, 0.3) is 0 Å². The molecule has 2 nitrogen and oxygen atoms in total. The van der Waals surface area contributed by atoms with Crippen LogP contribution < -0.4 is 0 Å². The molecule has 0 saturated heterocycles. The van der Waals surface area contributed by atoms with Gasteiger partial charge in [0.2, 0.25) is 5.39 Å². The zero-order valence-corrected chi connectivity index (χ0v) is 9.78. The summed E-state index contributed by atoms with van der Waals surface area (Å²) in [4.78, 5) is 3.26. The van der Waals surface area contributed by atoms with Crippen LogP contribution in [0.3, 0.4) is 0 Å². The molecule has 1 aromatic carbocycles. The molecule has 1 atom stereocenters. The molecule has 79 valence electrons. The van der Waals surface area contributed by atoms with Crippen LogP contribution in [-0.2, 0) is 0 Å². The van der Waals surface area contributed by atoms with Crippen LogP contribution in [0.2, 0.25) is 5.02 Å². The Labute approximate surface area is 104 Å². The lowest BCUT2D eigenvalue weighted by Crippen LogP contribution is -2.06. The maximum absolute atomic E-state index is 8.90. The average Bonchev–Trinajstić information content (AvgIpc) is 2.30. The molecule has 16 heavy (non-hydrogen) atoms. The highest BCUT2D eigenvalue weighted by molar-refractivity contribution is 6.31. The predicted molar refractivity (Wildman–Crippen MR) is 65.6 cm³/mol. The average molecular weight is 251 g/mol. The second kappa shape index (κ2) is 4.69. The molecule has 0 bridgehead atoms. The third-order valence-corrected chi connectivity index (χ3v) is 2.91. The minimum atomic E-state index is -0.125. The van der Waals surface area contributed by atoms with Gasteiger partial charge in [-0.1, -0.05) is 35.3 Å². The summed E-state index contributed by atoms with van der Waals surface area (Å²) in [6, 6.07) is 7.93. The van der Waals surface area contributed by atoms with Crippen LogP contribution in [0.4, 0.5) is 0 Å². The van der Waals surface area contributed by atoms with Crippen molar-refractivity contribution in [3.05, 3.63) is 69.1 Å². The van der Waals surface area contributed by atoms with Gasteiger partial charge in [-0.25, -0.2) is 0 Å². The van der Waals surface area contributed by atoms with Crippen molar-refractivity contribution in [2.45, 2.75) is 5.92 Å². The van der Waals surface area contributed by atoms with Crippen molar-refractivity contribution >= 4 is 23.2 Å². The molecule has 0 saturated carbocycles. The summed E-state index contributed by atoms with van der Waals surface area (Å²) in [5.74, 6) is -0.125. The minimum absolute atomic E-state index is 0.125. The van der Waals surface area contributed by atoms with E-state index in [1.54, 1.807) is 24.3 Å². The van der Waals surface area contributed by atoms with Gasteiger partial charge in [0.15, 0.2) is 0 Å². The van der Waals surface area contributed by atoms with Gasteiger partial charge < -0.3 is 0 Å². The van der Waals surface area contributed by atoms with Crippen molar-refractivity contribution in [2.24, 2.45) is 0 Å². The Balaban J connectivity index is 2.35. The van der Waals surface area contributed by atoms with Gasteiger partial charge in [-0.05, 0) is 29.8 Å². The SMILES string of the molecule is N#[N+][C]1C=CC(Cl)=CC1c1ccc(Cl)cc1. The molecular weight excluding hydrogens is 243 g/mol. The third-order valence-electron chi connectivity index (χ3n) is 2.40. The number of diazo groups is 1. The summed E-state index contributed by atoms with van der Waals surface area (Å²) in [5.41, 5.74) is 0.986. The molecule has 0 N–H and O–H groups in total. The molecule has 1 unspecified atom stereocenters. The molecule has 0 aliphatic heterocycles. The summed E-state index contributed by atoms with van der Waals surface area (Å²) in [6.45, 7) is 0. The van der Waals surface area contributed by atoms with E-state index in [9.17, 15) is 0 Å². The van der Waals surface area contributed by atoms with E-state index in [0.717, 1.165) is 5.56 Å². The van der Waals surface area contributed by atoms with Gasteiger partial charge in [-0.2, -0.15) is 0 Å². The monoisotopic (exact) mass is 250 g/mol. The van der Waals surface area contributed by atoms with Gasteiger partial charge in [0.1, 0.15) is 10.9 Å². The maximum Gasteiger partial charge on any atom is 0.439 e. The van der Waals surface area contributed by atoms with Crippen LogP contribution in [0.5, 0.6) is 0 Å². The van der Waals surface area contributed by atoms with Crippen LogP contribution in [0.1, 0.15) is 11.5 Å². The Kier molecular flexibility index (Phi) is 3.28. The number of nitrogens with zero attached hydrogens (tertiary/aromatic N) is 2. The number of allylic oxidation sites excluding steroid dienone is 2. The summed E-state index contributed by atoms with van der Waals surface area (Å²) in [6.07, 6.45) is 5.23. The molecule has 1 aliphatic carbocycles. The molecule has 2 rings (SSSR count). The van der Waals surface area contributed by atoms with Gasteiger partial charge in [0, 0.05) is 16.1 Å². The first-order valence-corrected chi connectivity index (χ1v) is 5.49. The van der Waals surface area contributed by atoms with Crippen LogP contribution in [-0.4, -0.2) is 0 Å². The minimum Gasteiger partial charge on any atom is -0.0847 e. The Morgan fingerprint density at radius 2 is 1.75 bits per heavy atom. The van der Waals surface area contributed by atoms with E-state index in [4.69, 9.17) is 28.6 Å². The molecule has 0 spiro atoms. The van der Waals surface area contributed by atoms with E-state index < -0.39 is 0 Å². The highest BCUT2D eigenvalue weighted by Crippen LogP contribution is 2.35. The van der Waals surface area contributed by atoms with E-state index >= 15 is 0 Å². The zero-order chi connectivity index (χ0) is 11.5. The first kappa shape index (κ1) is 11.2. The van der Waals surface area contributed by atoms with Crippen LogP contribution >= 0.6 is 23.2 Å². The molecule has 0 amide bonds. The van der Waals surface area contributed by atoms with E-state index in [-0.39, 0.29) is 5.92 Å². The van der Waals surface area contributed by atoms with Crippen molar-refractivity contribution < 1.29 is 0 Å². The van der Waals surface area contributed by atoms with Crippen LogP contribution in [0.15, 0.2) is 47.5 Å².